The first kappa shape index (κ1) is 11.0. The highest BCUT2D eigenvalue weighted by molar-refractivity contribution is 5.92. The second-order valence-corrected chi connectivity index (χ2v) is 2.99. The molecule has 0 N–H and O–H groups in total. The molecule has 0 fully saturated rings. The molecule has 0 unspecified atom stereocenters. The molecule has 0 saturated heterocycles. The largest absolute Gasteiger partial charge is 0.434 e. The molecule has 2 rings (SSSR count). The van der Waals surface area contributed by atoms with Gasteiger partial charge in [0.15, 0.2) is 0 Å². The summed E-state index contributed by atoms with van der Waals surface area (Å²) in [5.74, 6) is -1.48. The van der Waals surface area contributed by atoms with E-state index in [4.69, 9.17) is 18.3 Å². The lowest BCUT2D eigenvalue weighted by Crippen LogP contribution is -2.17. The number of rotatable bonds is 4. The number of ether oxygens (including phenoxy) is 2. The van der Waals surface area contributed by atoms with Crippen molar-refractivity contribution < 1.29 is 27.9 Å². The highest BCUT2D eigenvalue weighted by Crippen LogP contribution is 2.13. The SMILES string of the molecule is O=C(CC(=O)Oc1ccco1)Oc1ccco1. The average molecular weight is 236 g/mol. The van der Waals surface area contributed by atoms with Crippen LogP contribution in [0.15, 0.2) is 45.6 Å². The van der Waals surface area contributed by atoms with Crippen molar-refractivity contribution in [2.24, 2.45) is 0 Å². The number of hydrogen-bond donors (Lipinski definition) is 0. The van der Waals surface area contributed by atoms with Gasteiger partial charge in [-0.2, -0.15) is 0 Å². The van der Waals surface area contributed by atoms with Gasteiger partial charge in [0, 0.05) is 12.1 Å². The molecule has 0 spiro atoms. The first-order chi connectivity index (χ1) is 8.24. The molecule has 0 radical (unpaired) electrons. The Kier molecular flexibility index (Phi) is 3.25. The zero-order valence-electron chi connectivity index (χ0n) is 8.62. The second kappa shape index (κ2) is 5.02. The third-order valence-corrected chi connectivity index (χ3v) is 1.71. The third-order valence-electron chi connectivity index (χ3n) is 1.71. The molecule has 17 heavy (non-hydrogen) atoms. The minimum atomic E-state index is -0.767. The van der Waals surface area contributed by atoms with Gasteiger partial charge in [0.05, 0.1) is 12.5 Å². The number of carbonyl (C=O) groups is 2. The maximum absolute atomic E-state index is 11.2. The third kappa shape index (κ3) is 3.23. The predicted molar refractivity (Wildman–Crippen MR) is 53.3 cm³/mol. The minimum absolute atomic E-state index is 0.0285. The van der Waals surface area contributed by atoms with Crippen LogP contribution in [0.25, 0.3) is 0 Å². The van der Waals surface area contributed by atoms with Crippen LogP contribution in [0.3, 0.4) is 0 Å². The zero-order valence-corrected chi connectivity index (χ0v) is 8.62. The normalized spacial score (nSPS) is 9.88. The van der Waals surface area contributed by atoms with Gasteiger partial charge in [0.25, 0.3) is 11.9 Å². The first-order valence-corrected chi connectivity index (χ1v) is 4.72. The molecule has 6 nitrogen and oxygen atoms in total. The zero-order chi connectivity index (χ0) is 12.1. The molecule has 0 aromatic carbocycles. The van der Waals surface area contributed by atoms with Crippen molar-refractivity contribution in [1.82, 2.24) is 0 Å². The van der Waals surface area contributed by atoms with Crippen molar-refractivity contribution in [3.63, 3.8) is 0 Å². The van der Waals surface area contributed by atoms with Crippen LogP contribution in [0.5, 0.6) is 11.9 Å². The van der Waals surface area contributed by atoms with Gasteiger partial charge in [0.2, 0.25) is 0 Å². The molecule has 0 bridgehead atoms. The number of carbonyl (C=O) groups excluding carboxylic acids is 2. The molecule has 0 amide bonds. The van der Waals surface area contributed by atoms with Crippen molar-refractivity contribution >= 4 is 11.9 Å². The van der Waals surface area contributed by atoms with Crippen molar-refractivity contribution in [2.45, 2.75) is 6.42 Å². The number of esters is 2. The highest BCUT2D eigenvalue weighted by Gasteiger charge is 2.15. The Bertz CT molecular complexity index is 436. The maximum atomic E-state index is 11.2. The Morgan fingerprint density at radius 1 is 0.941 bits per heavy atom. The summed E-state index contributed by atoms with van der Waals surface area (Å²) in [7, 11) is 0. The molecule has 0 aliphatic carbocycles. The van der Waals surface area contributed by atoms with Crippen LogP contribution in [-0.4, -0.2) is 11.9 Å². The van der Waals surface area contributed by atoms with Crippen LogP contribution in [0.2, 0.25) is 0 Å². The summed E-state index contributed by atoms with van der Waals surface area (Å²) in [4.78, 5) is 22.5. The van der Waals surface area contributed by atoms with E-state index in [2.05, 4.69) is 0 Å². The van der Waals surface area contributed by atoms with E-state index in [-0.39, 0.29) is 11.9 Å². The topological polar surface area (TPSA) is 78.9 Å². The van der Waals surface area contributed by atoms with Gasteiger partial charge >= 0.3 is 11.9 Å². The lowest BCUT2D eigenvalue weighted by molar-refractivity contribution is -0.145. The van der Waals surface area contributed by atoms with Crippen LogP contribution in [0, 0.1) is 0 Å². The fraction of sp³-hybridized carbons (Fsp3) is 0.0909. The van der Waals surface area contributed by atoms with Crippen LogP contribution in [0.1, 0.15) is 6.42 Å². The first-order valence-electron chi connectivity index (χ1n) is 4.72. The van der Waals surface area contributed by atoms with E-state index >= 15 is 0 Å². The van der Waals surface area contributed by atoms with E-state index in [1.165, 1.54) is 24.7 Å². The van der Waals surface area contributed by atoms with Crippen LogP contribution in [0.4, 0.5) is 0 Å². The fourth-order valence-electron chi connectivity index (χ4n) is 1.06. The summed E-state index contributed by atoms with van der Waals surface area (Å²) in [6.07, 6.45) is 2.18. The summed E-state index contributed by atoms with van der Waals surface area (Å²) in [5.41, 5.74) is 0. The van der Waals surface area contributed by atoms with Gasteiger partial charge in [-0.3, -0.25) is 9.59 Å². The lowest BCUT2D eigenvalue weighted by atomic mass is 10.4. The monoisotopic (exact) mass is 236 g/mol. The summed E-state index contributed by atoms with van der Waals surface area (Å²) in [5, 5.41) is 0. The molecule has 2 aromatic rings. The van der Waals surface area contributed by atoms with E-state index in [0.29, 0.717) is 0 Å². The molecule has 2 heterocycles. The van der Waals surface area contributed by atoms with Crippen molar-refractivity contribution in [3.05, 3.63) is 36.8 Å². The predicted octanol–water partition coefficient (Wildman–Crippen LogP) is 1.77. The molecule has 88 valence electrons. The molecular weight excluding hydrogens is 228 g/mol. The second-order valence-electron chi connectivity index (χ2n) is 2.99. The quantitative estimate of drug-likeness (QED) is 0.594. The Labute approximate surface area is 95.7 Å². The van der Waals surface area contributed by atoms with Crippen molar-refractivity contribution in [1.29, 1.82) is 0 Å². The Hall–Kier alpha value is -2.50. The average Bonchev–Trinajstić information content (AvgIpc) is 2.90. The Morgan fingerprint density at radius 2 is 1.41 bits per heavy atom. The molecule has 0 atom stereocenters. The Balaban J connectivity index is 1.80. The molecule has 0 aliphatic rings. The molecule has 2 aromatic heterocycles. The maximum Gasteiger partial charge on any atom is 0.324 e. The van der Waals surface area contributed by atoms with E-state index in [1.807, 2.05) is 0 Å². The Morgan fingerprint density at radius 3 is 1.76 bits per heavy atom. The molecule has 6 heteroatoms. The summed E-state index contributed by atoms with van der Waals surface area (Å²) in [6, 6.07) is 6.03. The fourth-order valence-corrected chi connectivity index (χ4v) is 1.06. The lowest BCUT2D eigenvalue weighted by Gasteiger charge is -2.00. The number of hydrogen-bond acceptors (Lipinski definition) is 6. The standard InChI is InChI=1S/C11H8O6/c12-8(16-10-3-1-5-14-10)7-9(13)17-11-4-2-6-15-11/h1-6H,7H2. The summed E-state index contributed by atoms with van der Waals surface area (Å²) in [6.45, 7) is 0. The van der Waals surface area contributed by atoms with Gasteiger partial charge in [-0.1, -0.05) is 0 Å². The molecular formula is C11H8O6. The van der Waals surface area contributed by atoms with Gasteiger partial charge in [-0.15, -0.1) is 0 Å². The van der Waals surface area contributed by atoms with Gasteiger partial charge in [0.1, 0.15) is 6.42 Å². The van der Waals surface area contributed by atoms with Crippen molar-refractivity contribution in [3.8, 4) is 11.9 Å². The summed E-state index contributed by atoms with van der Waals surface area (Å²) >= 11 is 0. The van der Waals surface area contributed by atoms with E-state index in [1.54, 1.807) is 12.1 Å². The van der Waals surface area contributed by atoms with Crippen LogP contribution in [-0.2, 0) is 9.59 Å². The van der Waals surface area contributed by atoms with Gasteiger partial charge in [-0.25, -0.2) is 0 Å². The van der Waals surface area contributed by atoms with Gasteiger partial charge in [-0.05, 0) is 12.1 Å². The minimum Gasteiger partial charge on any atom is -0.434 e. The van der Waals surface area contributed by atoms with Crippen molar-refractivity contribution in [2.75, 3.05) is 0 Å². The van der Waals surface area contributed by atoms with Crippen LogP contribution >= 0.6 is 0 Å². The van der Waals surface area contributed by atoms with Gasteiger partial charge < -0.3 is 18.3 Å². The van der Waals surface area contributed by atoms with E-state index in [9.17, 15) is 9.59 Å². The molecule has 0 saturated carbocycles. The molecule has 0 aliphatic heterocycles. The van der Waals surface area contributed by atoms with E-state index < -0.39 is 18.4 Å². The number of furan rings is 2. The van der Waals surface area contributed by atoms with Crippen LogP contribution < -0.4 is 9.47 Å². The highest BCUT2D eigenvalue weighted by atomic mass is 16.6. The summed E-state index contributed by atoms with van der Waals surface area (Å²) < 4.78 is 19.0. The smallest absolute Gasteiger partial charge is 0.324 e. The van der Waals surface area contributed by atoms with E-state index in [0.717, 1.165) is 0 Å².